The Labute approximate surface area is 148 Å². The molecule has 0 atom stereocenters. The van der Waals surface area contributed by atoms with Crippen LogP contribution in [0.2, 0.25) is 0 Å². The standard InChI is InChI=1S/C15H13N5O3S2/c21-13(11-6-2-1-3-7-11)18-14-19-20-15(24-14)25(22,23)17-10-12-8-4-5-9-16-12/h1-9,17H,10H2,(H,18,19,21). The highest BCUT2D eigenvalue weighted by molar-refractivity contribution is 7.91. The predicted molar refractivity (Wildman–Crippen MR) is 92.6 cm³/mol. The molecule has 2 aromatic heterocycles. The Hall–Kier alpha value is -2.69. The zero-order chi connectivity index (χ0) is 17.7. The van der Waals surface area contributed by atoms with Gasteiger partial charge < -0.3 is 0 Å². The van der Waals surface area contributed by atoms with E-state index in [0.717, 1.165) is 11.3 Å². The van der Waals surface area contributed by atoms with E-state index in [1.54, 1.807) is 54.7 Å². The second-order valence-electron chi connectivity index (χ2n) is 4.84. The van der Waals surface area contributed by atoms with Crippen molar-refractivity contribution >= 4 is 32.4 Å². The van der Waals surface area contributed by atoms with Crippen molar-refractivity contribution in [3.05, 3.63) is 66.0 Å². The summed E-state index contributed by atoms with van der Waals surface area (Å²) >= 11 is 0.773. The third-order valence-corrected chi connectivity index (χ3v) is 5.67. The molecule has 0 bridgehead atoms. The lowest BCUT2D eigenvalue weighted by Gasteiger charge is -2.02. The van der Waals surface area contributed by atoms with Gasteiger partial charge in [-0.15, -0.1) is 10.2 Å². The number of pyridine rings is 1. The Morgan fingerprint density at radius 3 is 2.52 bits per heavy atom. The molecular weight excluding hydrogens is 362 g/mol. The minimum atomic E-state index is -3.83. The van der Waals surface area contributed by atoms with E-state index >= 15 is 0 Å². The first-order chi connectivity index (χ1) is 12.0. The lowest BCUT2D eigenvalue weighted by Crippen LogP contribution is -2.23. The first kappa shape index (κ1) is 17.1. The molecule has 0 saturated heterocycles. The molecule has 0 aliphatic rings. The molecule has 0 spiro atoms. The second kappa shape index (κ2) is 7.47. The van der Waals surface area contributed by atoms with Crippen molar-refractivity contribution in [3.63, 3.8) is 0 Å². The summed E-state index contributed by atoms with van der Waals surface area (Å²) in [5.74, 6) is -0.387. The van der Waals surface area contributed by atoms with Crippen LogP contribution in [-0.2, 0) is 16.6 Å². The van der Waals surface area contributed by atoms with E-state index in [-0.39, 0.29) is 21.9 Å². The number of hydrogen-bond donors (Lipinski definition) is 2. The lowest BCUT2D eigenvalue weighted by atomic mass is 10.2. The van der Waals surface area contributed by atoms with Gasteiger partial charge in [0.15, 0.2) is 0 Å². The van der Waals surface area contributed by atoms with Gasteiger partial charge in [-0.2, -0.15) is 0 Å². The van der Waals surface area contributed by atoms with E-state index in [4.69, 9.17) is 0 Å². The molecule has 2 N–H and O–H groups in total. The fourth-order valence-corrected chi connectivity index (χ4v) is 3.80. The summed E-state index contributed by atoms with van der Waals surface area (Å²) in [7, 11) is -3.83. The number of aromatic nitrogens is 3. The first-order valence-corrected chi connectivity index (χ1v) is 9.44. The summed E-state index contributed by atoms with van der Waals surface area (Å²) in [6.45, 7) is 0.0362. The topological polar surface area (TPSA) is 114 Å². The number of nitrogens with zero attached hydrogens (tertiary/aromatic N) is 3. The molecule has 0 saturated carbocycles. The summed E-state index contributed by atoms with van der Waals surface area (Å²) in [4.78, 5) is 16.1. The summed E-state index contributed by atoms with van der Waals surface area (Å²) < 4.78 is 26.6. The van der Waals surface area contributed by atoms with Crippen LogP contribution in [0.25, 0.3) is 0 Å². The molecule has 25 heavy (non-hydrogen) atoms. The van der Waals surface area contributed by atoms with Crippen molar-refractivity contribution in [2.75, 3.05) is 5.32 Å². The zero-order valence-corrected chi connectivity index (χ0v) is 14.4. The number of hydrogen-bond acceptors (Lipinski definition) is 7. The maximum atomic E-state index is 12.2. The van der Waals surface area contributed by atoms with Crippen molar-refractivity contribution in [1.82, 2.24) is 19.9 Å². The van der Waals surface area contributed by atoms with E-state index in [9.17, 15) is 13.2 Å². The molecule has 3 rings (SSSR count). The average molecular weight is 375 g/mol. The summed E-state index contributed by atoms with van der Waals surface area (Å²) in [5.41, 5.74) is 1.02. The summed E-state index contributed by atoms with van der Waals surface area (Å²) in [6, 6.07) is 13.7. The van der Waals surface area contributed by atoms with Gasteiger partial charge >= 0.3 is 0 Å². The van der Waals surface area contributed by atoms with Gasteiger partial charge in [-0.3, -0.25) is 15.1 Å². The highest BCUT2D eigenvalue weighted by Crippen LogP contribution is 2.20. The monoisotopic (exact) mass is 375 g/mol. The normalized spacial score (nSPS) is 11.2. The number of carbonyl (C=O) groups excluding carboxylic acids is 1. The first-order valence-electron chi connectivity index (χ1n) is 7.14. The Bertz CT molecular complexity index is 959. The SMILES string of the molecule is O=C(Nc1nnc(S(=O)(=O)NCc2ccccn2)s1)c1ccccc1. The Balaban J connectivity index is 1.67. The van der Waals surface area contributed by atoms with Gasteiger partial charge in [0, 0.05) is 11.8 Å². The van der Waals surface area contributed by atoms with Crippen molar-refractivity contribution < 1.29 is 13.2 Å². The van der Waals surface area contributed by atoms with Gasteiger partial charge in [0.25, 0.3) is 15.9 Å². The minimum Gasteiger partial charge on any atom is -0.296 e. The molecule has 3 aromatic rings. The van der Waals surface area contributed by atoms with Crippen molar-refractivity contribution in [2.24, 2.45) is 0 Å². The van der Waals surface area contributed by atoms with Crippen LogP contribution in [0.1, 0.15) is 16.1 Å². The molecular formula is C15H13N5O3S2. The molecule has 2 heterocycles. The van der Waals surface area contributed by atoms with E-state index in [1.807, 2.05) is 0 Å². The maximum absolute atomic E-state index is 12.2. The minimum absolute atomic E-state index is 0.0362. The third-order valence-electron chi connectivity index (χ3n) is 3.06. The van der Waals surface area contributed by atoms with Crippen molar-refractivity contribution in [2.45, 2.75) is 10.9 Å². The molecule has 1 aromatic carbocycles. The lowest BCUT2D eigenvalue weighted by molar-refractivity contribution is 0.102. The number of nitrogens with one attached hydrogen (secondary N) is 2. The molecule has 0 radical (unpaired) electrons. The van der Waals surface area contributed by atoms with Crippen LogP contribution in [0.5, 0.6) is 0 Å². The highest BCUT2D eigenvalue weighted by Gasteiger charge is 2.21. The van der Waals surface area contributed by atoms with Crippen molar-refractivity contribution in [3.8, 4) is 0 Å². The van der Waals surface area contributed by atoms with E-state index in [1.165, 1.54) is 0 Å². The van der Waals surface area contributed by atoms with Crippen LogP contribution in [0, 0.1) is 0 Å². The van der Waals surface area contributed by atoms with Crippen LogP contribution in [0.3, 0.4) is 0 Å². The predicted octanol–water partition coefficient (Wildman–Crippen LogP) is 1.66. The number of sulfonamides is 1. The van der Waals surface area contributed by atoms with Gasteiger partial charge in [0.05, 0.1) is 12.2 Å². The Morgan fingerprint density at radius 2 is 1.80 bits per heavy atom. The molecule has 8 nitrogen and oxygen atoms in total. The number of benzene rings is 1. The van der Waals surface area contributed by atoms with Crippen LogP contribution >= 0.6 is 11.3 Å². The molecule has 0 aliphatic heterocycles. The number of rotatable bonds is 6. The summed E-state index contributed by atoms with van der Waals surface area (Å²) in [6.07, 6.45) is 1.58. The quantitative estimate of drug-likeness (QED) is 0.634. The Kier molecular flexibility index (Phi) is 5.12. The smallest absolute Gasteiger partial charge is 0.270 e. The van der Waals surface area contributed by atoms with E-state index in [2.05, 4.69) is 25.2 Å². The van der Waals surface area contributed by atoms with Gasteiger partial charge in [0.2, 0.25) is 9.47 Å². The fraction of sp³-hybridized carbons (Fsp3) is 0.0667. The average Bonchev–Trinajstić information content (AvgIpc) is 3.11. The van der Waals surface area contributed by atoms with Crippen molar-refractivity contribution in [1.29, 1.82) is 0 Å². The number of amides is 1. The molecule has 0 fully saturated rings. The largest absolute Gasteiger partial charge is 0.296 e. The molecule has 0 unspecified atom stereocenters. The second-order valence-corrected chi connectivity index (χ2v) is 7.76. The Morgan fingerprint density at radius 1 is 1.04 bits per heavy atom. The van der Waals surface area contributed by atoms with Gasteiger partial charge in [-0.25, -0.2) is 13.1 Å². The summed E-state index contributed by atoms with van der Waals surface area (Å²) in [5, 5.41) is 9.96. The molecule has 1 amide bonds. The molecule has 128 valence electrons. The van der Waals surface area contributed by atoms with Crippen LogP contribution < -0.4 is 10.0 Å². The number of carbonyl (C=O) groups is 1. The molecule has 0 aliphatic carbocycles. The van der Waals surface area contributed by atoms with Crippen LogP contribution in [0.15, 0.2) is 59.1 Å². The fourth-order valence-electron chi connectivity index (χ4n) is 1.86. The number of anilines is 1. The van der Waals surface area contributed by atoms with E-state index in [0.29, 0.717) is 11.3 Å². The maximum Gasteiger partial charge on any atom is 0.270 e. The van der Waals surface area contributed by atoms with Gasteiger partial charge in [-0.1, -0.05) is 35.6 Å². The highest BCUT2D eigenvalue weighted by atomic mass is 32.2. The zero-order valence-electron chi connectivity index (χ0n) is 12.8. The van der Waals surface area contributed by atoms with Gasteiger partial charge in [0.1, 0.15) is 0 Å². The van der Waals surface area contributed by atoms with Crippen LogP contribution in [0.4, 0.5) is 5.13 Å². The molecule has 10 heteroatoms. The van der Waals surface area contributed by atoms with Gasteiger partial charge in [-0.05, 0) is 24.3 Å². The third kappa shape index (κ3) is 4.44. The van der Waals surface area contributed by atoms with Crippen LogP contribution in [-0.4, -0.2) is 29.5 Å². The van der Waals surface area contributed by atoms with E-state index < -0.39 is 10.0 Å².